The minimum Gasteiger partial charge on any atom is -0.493 e. The highest BCUT2D eigenvalue weighted by Crippen LogP contribution is 2.35. The van der Waals surface area contributed by atoms with Gasteiger partial charge in [0.15, 0.2) is 11.5 Å². The highest BCUT2D eigenvalue weighted by molar-refractivity contribution is 6.18. The van der Waals surface area contributed by atoms with E-state index in [1.807, 2.05) is 0 Å². The number of pyridine rings is 1. The first-order valence-electron chi connectivity index (χ1n) is 9.84. The predicted octanol–water partition coefficient (Wildman–Crippen LogP) is 4.90. The molecule has 3 rings (SSSR count). The van der Waals surface area contributed by atoms with E-state index in [2.05, 4.69) is 11.6 Å². The number of halogens is 3. The number of aromatic nitrogens is 1. The van der Waals surface area contributed by atoms with Crippen LogP contribution in [0.15, 0.2) is 55.3 Å². The third-order valence-corrected chi connectivity index (χ3v) is 4.36. The van der Waals surface area contributed by atoms with Gasteiger partial charge in [0.05, 0.1) is 14.2 Å². The number of rotatable bonds is 8. The fraction of sp³-hybridized carbons (Fsp3) is 0.208. The summed E-state index contributed by atoms with van der Waals surface area (Å²) in [5.41, 5.74) is 6.75. The van der Waals surface area contributed by atoms with E-state index in [-0.39, 0.29) is 24.2 Å². The molecule has 0 saturated carbocycles. The minimum atomic E-state index is -4.00. The van der Waals surface area contributed by atoms with E-state index >= 15 is 0 Å². The summed E-state index contributed by atoms with van der Waals surface area (Å²) in [6, 6.07) is 10.2. The summed E-state index contributed by atoms with van der Waals surface area (Å²) < 4.78 is 47.3. The van der Waals surface area contributed by atoms with Crippen LogP contribution in [0.25, 0.3) is 10.8 Å². The van der Waals surface area contributed by atoms with E-state index in [9.17, 15) is 18.0 Å². The van der Waals surface area contributed by atoms with Crippen molar-refractivity contribution in [1.29, 1.82) is 5.41 Å². The lowest BCUT2D eigenvalue weighted by Crippen LogP contribution is -2.14. The molecule has 7 nitrogen and oxygen atoms in total. The number of nitrogens with two attached hydrogens (primary N) is 1. The topological polar surface area (TPSA) is 108 Å². The average molecular weight is 475 g/mol. The number of carbonyl (C=O) groups is 1. The number of hydrogen-bond donors (Lipinski definition) is 2. The fourth-order valence-corrected chi connectivity index (χ4v) is 2.98. The van der Waals surface area contributed by atoms with Crippen LogP contribution < -0.4 is 19.9 Å². The number of nitrogen functional groups attached to an aromatic ring is 1. The zero-order valence-electron chi connectivity index (χ0n) is 18.8. The number of methoxy groups -OCH3 is 2. The second-order valence-electron chi connectivity index (χ2n) is 6.92. The molecule has 2 aromatic carbocycles. The van der Waals surface area contributed by atoms with Crippen molar-refractivity contribution in [1.82, 2.24) is 4.98 Å². The maximum Gasteiger partial charge on any atom is 0.386 e. The van der Waals surface area contributed by atoms with Crippen LogP contribution in [0.3, 0.4) is 0 Å². The molecule has 0 unspecified atom stereocenters. The molecular formula is C24H24F3N3O4. The Balaban J connectivity index is 0.000000739. The summed E-state index contributed by atoms with van der Waals surface area (Å²) in [6.45, 7) is 4.14. The molecule has 1 heterocycles. The second kappa shape index (κ2) is 11.2. The van der Waals surface area contributed by atoms with Crippen molar-refractivity contribution < 1.29 is 32.2 Å². The smallest absolute Gasteiger partial charge is 0.386 e. The number of hydrogen-bond acceptors (Lipinski definition) is 6. The predicted molar refractivity (Wildman–Crippen MR) is 123 cm³/mol. The summed E-state index contributed by atoms with van der Waals surface area (Å²) in [4.78, 5) is 17.5. The van der Waals surface area contributed by atoms with Crippen LogP contribution in [0.4, 0.5) is 13.2 Å². The van der Waals surface area contributed by atoms with Crippen LogP contribution in [-0.4, -0.2) is 43.6 Å². The number of alkyl halides is 3. The molecular weight excluding hydrogens is 451 g/mol. The first-order valence-corrected chi connectivity index (χ1v) is 9.84. The molecule has 10 heteroatoms. The van der Waals surface area contributed by atoms with Crippen molar-refractivity contribution >= 4 is 22.4 Å². The molecule has 34 heavy (non-hydrogen) atoms. The Morgan fingerprint density at radius 1 is 1.15 bits per heavy atom. The SMILES string of the molecule is C=CCOc1cccc(C(=O)c2ncc(C(=N)N)c3cc(OC)c(OC)cc23)c1.CC(F)(F)F. The average Bonchev–Trinajstić information content (AvgIpc) is 2.79. The largest absolute Gasteiger partial charge is 0.493 e. The van der Waals surface area contributed by atoms with Crippen molar-refractivity contribution in [2.45, 2.75) is 13.1 Å². The molecule has 3 aromatic rings. The van der Waals surface area contributed by atoms with E-state index < -0.39 is 6.18 Å². The molecule has 1 aromatic heterocycles. The lowest BCUT2D eigenvalue weighted by molar-refractivity contribution is -0.110. The van der Waals surface area contributed by atoms with E-state index in [0.29, 0.717) is 45.8 Å². The van der Waals surface area contributed by atoms with Gasteiger partial charge in [-0.3, -0.25) is 15.2 Å². The van der Waals surface area contributed by atoms with Crippen molar-refractivity contribution in [2.75, 3.05) is 20.8 Å². The molecule has 0 aliphatic rings. The second-order valence-corrected chi connectivity index (χ2v) is 6.92. The Morgan fingerprint density at radius 2 is 1.74 bits per heavy atom. The molecule has 0 saturated heterocycles. The maximum atomic E-state index is 13.2. The normalized spacial score (nSPS) is 10.6. The molecule has 0 bridgehead atoms. The Morgan fingerprint density at radius 3 is 2.26 bits per heavy atom. The number of ketones is 1. The Hall–Kier alpha value is -4.08. The third kappa shape index (κ3) is 6.71. The van der Waals surface area contributed by atoms with Gasteiger partial charge < -0.3 is 19.9 Å². The quantitative estimate of drug-likeness (QED) is 0.208. The number of benzene rings is 2. The van der Waals surface area contributed by atoms with Gasteiger partial charge in [0.1, 0.15) is 23.9 Å². The lowest BCUT2D eigenvalue weighted by Gasteiger charge is -2.14. The van der Waals surface area contributed by atoms with E-state index in [0.717, 1.165) is 0 Å². The zero-order chi connectivity index (χ0) is 25.5. The van der Waals surface area contributed by atoms with Gasteiger partial charge in [0.25, 0.3) is 0 Å². The monoisotopic (exact) mass is 475 g/mol. The molecule has 0 radical (unpaired) electrons. The number of ether oxygens (including phenoxy) is 3. The summed E-state index contributed by atoms with van der Waals surface area (Å²) in [7, 11) is 3.02. The molecule has 0 atom stereocenters. The number of fused-ring (bicyclic) bond motifs is 1. The summed E-state index contributed by atoms with van der Waals surface area (Å²) in [6.07, 6.45) is -0.953. The first-order chi connectivity index (χ1) is 16.0. The number of nitrogens with one attached hydrogen (secondary N) is 1. The number of nitrogens with zero attached hydrogens (tertiary/aromatic N) is 1. The van der Waals surface area contributed by atoms with Gasteiger partial charge in [-0.15, -0.1) is 0 Å². The molecule has 180 valence electrons. The van der Waals surface area contributed by atoms with Crippen molar-refractivity contribution in [3.05, 3.63) is 72.1 Å². The lowest BCUT2D eigenvalue weighted by atomic mass is 9.98. The Kier molecular flexibility index (Phi) is 8.60. The van der Waals surface area contributed by atoms with Gasteiger partial charge in [-0.1, -0.05) is 24.8 Å². The first kappa shape index (κ1) is 26.2. The van der Waals surface area contributed by atoms with Gasteiger partial charge >= 0.3 is 6.18 Å². The van der Waals surface area contributed by atoms with Gasteiger partial charge in [0, 0.05) is 35.0 Å². The van der Waals surface area contributed by atoms with E-state index in [4.69, 9.17) is 25.4 Å². The molecule has 0 aliphatic heterocycles. The molecule has 0 fully saturated rings. The van der Waals surface area contributed by atoms with Gasteiger partial charge in [-0.05, 0) is 24.3 Å². The molecule has 0 spiro atoms. The molecule has 3 N–H and O–H groups in total. The summed E-state index contributed by atoms with van der Waals surface area (Å²) >= 11 is 0. The Labute approximate surface area is 194 Å². The van der Waals surface area contributed by atoms with Gasteiger partial charge in [-0.25, -0.2) is 0 Å². The Bertz CT molecular complexity index is 1200. The number of amidine groups is 1. The van der Waals surface area contributed by atoms with Crippen LogP contribution in [0, 0.1) is 5.41 Å². The third-order valence-electron chi connectivity index (χ3n) is 4.36. The van der Waals surface area contributed by atoms with Crippen molar-refractivity contribution in [2.24, 2.45) is 5.73 Å². The highest BCUT2D eigenvalue weighted by atomic mass is 19.4. The van der Waals surface area contributed by atoms with E-state index in [1.165, 1.54) is 20.4 Å². The van der Waals surface area contributed by atoms with Crippen LogP contribution in [0.5, 0.6) is 17.2 Å². The van der Waals surface area contributed by atoms with Crippen LogP contribution in [0.1, 0.15) is 28.5 Å². The van der Waals surface area contributed by atoms with Gasteiger partial charge in [0.2, 0.25) is 5.78 Å². The fourth-order valence-electron chi connectivity index (χ4n) is 2.98. The van der Waals surface area contributed by atoms with Crippen LogP contribution >= 0.6 is 0 Å². The van der Waals surface area contributed by atoms with E-state index in [1.54, 1.807) is 42.5 Å². The molecule has 0 amide bonds. The van der Waals surface area contributed by atoms with Crippen LogP contribution in [0.2, 0.25) is 0 Å². The highest BCUT2D eigenvalue weighted by Gasteiger charge is 2.20. The van der Waals surface area contributed by atoms with Crippen LogP contribution in [-0.2, 0) is 0 Å². The minimum absolute atomic E-state index is 0.159. The van der Waals surface area contributed by atoms with Crippen molar-refractivity contribution in [3.8, 4) is 17.2 Å². The summed E-state index contributed by atoms with van der Waals surface area (Å²) in [5, 5.41) is 8.92. The maximum absolute atomic E-state index is 13.2. The number of carbonyl (C=O) groups excluding carboxylic acids is 1. The molecule has 0 aliphatic carbocycles. The summed E-state index contributed by atoms with van der Waals surface area (Å²) in [5.74, 6) is 1.01. The van der Waals surface area contributed by atoms with Crippen molar-refractivity contribution in [3.63, 3.8) is 0 Å². The standard InChI is InChI=1S/C22H21N3O4.C2H3F3/c1-4-8-29-14-7-5-6-13(9-14)21(26)20-16-11-19(28-3)18(27-2)10-15(16)17(12-25-20)22(23)24;1-2(3,4)5/h4-7,9-12H,1,8H2,2-3H3,(H3,23,24);1H3. The zero-order valence-corrected chi connectivity index (χ0v) is 18.8. The van der Waals surface area contributed by atoms with Gasteiger partial charge in [-0.2, -0.15) is 13.2 Å².